The predicted molar refractivity (Wildman–Crippen MR) is 141 cm³/mol. The third-order valence-electron chi connectivity index (χ3n) is 5.02. The maximum Gasteiger partial charge on any atom is 0.262 e. The number of rotatable bonds is 9. The second-order valence-electron chi connectivity index (χ2n) is 7.57. The Balaban J connectivity index is 1.61. The number of halogens is 1. The number of nitrogens with one attached hydrogen (secondary N) is 2. The van der Waals surface area contributed by atoms with Crippen LogP contribution < -0.4 is 19.5 Å². The Bertz CT molecular complexity index is 1460. The molecule has 0 fully saturated rings. The number of para-hydroxylation sites is 3. The number of anilines is 2. The molecule has 7 nitrogen and oxygen atoms in total. The molecule has 0 spiro atoms. The molecule has 0 atom stereocenters. The molecule has 0 aliphatic rings. The number of hydrogen-bond acceptors (Lipinski definition) is 5. The zero-order valence-corrected chi connectivity index (χ0v) is 20.8. The van der Waals surface area contributed by atoms with Crippen LogP contribution >= 0.6 is 11.6 Å². The third-order valence-corrected chi connectivity index (χ3v) is 6.63. The van der Waals surface area contributed by atoms with Crippen LogP contribution in [0.3, 0.4) is 0 Å². The topological polar surface area (TPSA) is 93.7 Å². The van der Waals surface area contributed by atoms with Crippen LogP contribution in [0.1, 0.15) is 17.3 Å². The van der Waals surface area contributed by atoms with E-state index >= 15 is 0 Å². The first kappa shape index (κ1) is 25.1. The van der Waals surface area contributed by atoms with E-state index < -0.39 is 15.9 Å². The minimum Gasteiger partial charge on any atom is -0.492 e. The summed E-state index contributed by atoms with van der Waals surface area (Å²) in [7, 11) is -4.04. The molecule has 184 valence electrons. The molecule has 0 bridgehead atoms. The molecule has 0 saturated heterocycles. The lowest BCUT2D eigenvalue weighted by molar-refractivity contribution is 0.102. The Kier molecular flexibility index (Phi) is 7.77. The number of carbonyl (C=O) groups excluding carboxylic acids is 1. The first-order chi connectivity index (χ1) is 17.4. The Morgan fingerprint density at radius 1 is 0.833 bits per heavy atom. The summed E-state index contributed by atoms with van der Waals surface area (Å²) in [5, 5.41) is 3.23. The number of sulfonamides is 1. The highest BCUT2D eigenvalue weighted by atomic mass is 35.5. The predicted octanol–water partition coefficient (Wildman–Crippen LogP) is 6.58. The van der Waals surface area contributed by atoms with Crippen LogP contribution in [0.5, 0.6) is 17.2 Å². The SMILES string of the molecule is CCOc1ccc(S(=O)(=O)Nc2ccccc2Oc2ccccc2)cc1NC(=O)c1ccc(Cl)cc1. The van der Waals surface area contributed by atoms with Crippen LogP contribution in [0.2, 0.25) is 5.02 Å². The summed E-state index contributed by atoms with van der Waals surface area (Å²) in [5.74, 6) is 0.815. The fourth-order valence-electron chi connectivity index (χ4n) is 3.31. The van der Waals surface area contributed by atoms with Gasteiger partial charge in [-0.25, -0.2) is 8.42 Å². The highest BCUT2D eigenvalue weighted by Gasteiger charge is 2.20. The van der Waals surface area contributed by atoms with Gasteiger partial charge in [-0.1, -0.05) is 41.9 Å². The smallest absolute Gasteiger partial charge is 0.262 e. The molecule has 0 saturated carbocycles. The molecule has 0 aliphatic carbocycles. The average Bonchev–Trinajstić information content (AvgIpc) is 2.87. The Labute approximate surface area is 214 Å². The molecule has 0 radical (unpaired) electrons. The quantitative estimate of drug-likeness (QED) is 0.259. The molecule has 4 aromatic rings. The van der Waals surface area contributed by atoms with E-state index in [0.717, 1.165) is 0 Å². The van der Waals surface area contributed by atoms with Crippen LogP contribution in [0.25, 0.3) is 0 Å². The van der Waals surface area contributed by atoms with Gasteiger partial charge in [-0.2, -0.15) is 0 Å². The van der Waals surface area contributed by atoms with E-state index in [9.17, 15) is 13.2 Å². The fourth-order valence-corrected chi connectivity index (χ4v) is 4.53. The van der Waals surface area contributed by atoms with Crippen molar-refractivity contribution in [3.63, 3.8) is 0 Å². The largest absolute Gasteiger partial charge is 0.492 e. The zero-order valence-electron chi connectivity index (χ0n) is 19.3. The zero-order chi connectivity index (χ0) is 25.5. The third kappa shape index (κ3) is 6.16. The number of amides is 1. The molecule has 36 heavy (non-hydrogen) atoms. The van der Waals surface area contributed by atoms with Crippen molar-refractivity contribution in [2.45, 2.75) is 11.8 Å². The van der Waals surface area contributed by atoms with Gasteiger partial charge in [0.15, 0.2) is 5.75 Å². The van der Waals surface area contributed by atoms with Gasteiger partial charge in [-0.3, -0.25) is 9.52 Å². The van der Waals surface area contributed by atoms with Crippen LogP contribution in [-0.2, 0) is 10.0 Å². The van der Waals surface area contributed by atoms with Gasteiger partial charge in [0.2, 0.25) is 0 Å². The van der Waals surface area contributed by atoms with Gasteiger partial charge in [-0.05, 0) is 73.7 Å². The van der Waals surface area contributed by atoms with Crippen molar-refractivity contribution in [3.05, 3.63) is 108 Å². The first-order valence-corrected chi connectivity index (χ1v) is 12.9. The van der Waals surface area contributed by atoms with Gasteiger partial charge in [0.25, 0.3) is 15.9 Å². The lowest BCUT2D eigenvalue weighted by atomic mass is 10.2. The summed E-state index contributed by atoms with van der Waals surface area (Å²) in [6.45, 7) is 2.12. The minimum absolute atomic E-state index is 0.0631. The average molecular weight is 523 g/mol. The van der Waals surface area contributed by atoms with Crippen molar-refractivity contribution in [2.24, 2.45) is 0 Å². The number of carbonyl (C=O) groups is 1. The van der Waals surface area contributed by atoms with E-state index in [1.807, 2.05) is 18.2 Å². The molecule has 4 aromatic carbocycles. The monoisotopic (exact) mass is 522 g/mol. The number of ether oxygens (including phenoxy) is 2. The molecule has 0 aliphatic heterocycles. The van der Waals surface area contributed by atoms with E-state index in [2.05, 4.69) is 10.0 Å². The Morgan fingerprint density at radius 2 is 1.53 bits per heavy atom. The Hall–Kier alpha value is -4.01. The summed E-state index contributed by atoms with van der Waals surface area (Å²) < 4.78 is 40.6. The fraction of sp³-hybridized carbons (Fsp3) is 0.0741. The summed E-state index contributed by atoms with van der Waals surface area (Å²) in [4.78, 5) is 12.7. The van der Waals surface area contributed by atoms with Gasteiger partial charge in [-0.15, -0.1) is 0 Å². The molecular formula is C27H23ClN2O5S. The van der Waals surface area contributed by atoms with Gasteiger partial charge >= 0.3 is 0 Å². The van der Waals surface area contributed by atoms with E-state index in [4.69, 9.17) is 21.1 Å². The van der Waals surface area contributed by atoms with E-state index in [-0.39, 0.29) is 16.3 Å². The normalized spacial score (nSPS) is 10.9. The van der Waals surface area contributed by atoms with E-state index in [1.54, 1.807) is 67.6 Å². The van der Waals surface area contributed by atoms with Crippen LogP contribution in [0, 0.1) is 0 Å². The van der Waals surface area contributed by atoms with Crippen molar-refractivity contribution in [2.75, 3.05) is 16.6 Å². The molecule has 0 heterocycles. The molecular weight excluding hydrogens is 500 g/mol. The molecule has 4 rings (SSSR count). The van der Waals surface area contributed by atoms with Gasteiger partial charge in [0.05, 0.1) is 22.9 Å². The van der Waals surface area contributed by atoms with Gasteiger partial charge in [0.1, 0.15) is 11.5 Å². The maximum absolute atomic E-state index is 13.3. The second kappa shape index (κ2) is 11.2. The molecule has 9 heteroatoms. The summed E-state index contributed by atoms with van der Waals surface area (Å²) >= 11 is 5.90. The van der Waals surface area contributed by atoms with Crippen molar-refractivity contribution >= 4 is 38.9 Å². The summed E-state index contributed by atoms with van der Waals surface area (Å²) in [5.41, 5.74) is 0.843. The van der Waals surface area contributed by atoms with Crippen molar-refractivity contribution < 1.29 is 22.7 Å². The lowest BCUT2D eigenvalue weighted by Crippen LogP contribution is -2.16. The van der Waals surface area contributed by atoms with E-state index in [0.29, 0.717) is 34.4 Å². The highest BCUT2D eigenvalue weighted by Crippen LogP contribution is 2.33. The van der Waals surface area contributed by atoms with Crippen molar-refractivity contribution in [1.82, 2.24) is 0 Å². The van der Waals surface area contributed by atoms with Crippen LogP contribution in [-0.4, -0.2) is 20.9 Å². The first-order valence-electron chi connectivity index (χ1n) is 11.0. The van der Waals surface area contributed by atoms with Crippen LogP contribution in [0.15, 0.2) is 102 Å². The van der Waals surface area contributed by atoms with Crippen LogP contribution in [0.4, 0.5) is 11.4 Å². The number of benzene rings is 4. The van der Waals surface area contributed by atoms with E-state index in [1.165, 1.54) is 18.2 Å². The lowest BCUT2D eigenvalue weighted by Gasteiger charge is -2.16. The molecule has 0 aromatic heterocycles. The molecule has 2 N–H and O–H groups in total. The standard InChI is InChI=1S/C27H23ClN2O5S/c1-2-34-25-17-16-22(18-24(25)29-27(31)19-12-14-20(28)15-13-19)36(32,33)30-23-10-6-7-11-26(23)35-21-8-4-3-5-9-21/h3-18,30H,2H2,1H3,(H,29,31). The maximum atomic E-state index is 13.3. The molecule has 1 amide bonds. The minimum atomic E-state index is -4.04. The Morgan fingerprint density at radius 3 is 2.25 bits per heavy atom. The van der Waals surface area contributed by atoms with Gasteiger partial charge < -0.3 is 14.8 Å². The highest BCUT2D eigenvalue weighted by molar-refractivity contribution is 7.92. The van der Waals surface area contributed by atoms with Crippen molar-refractivity contribution in [3.8, 4) is 17.2 Å². The van der Waals surface area contributed by atoms with Crippen molar-refractivity contribution in [1.29, 1.82) is 0 Å². The summed E-state index contributed by atoms with van der Waals surface area (Å²) in [6, 6.07) is 26.4. The molecule has 0 unspecified atom stereocenters. The van der Waals surface area contributed by atoms with Gasteiger partial charge in [0, 0.05) is 10.6 Å². The number of hydrogen-bond donors (Lipinski definition) is 2. The summed E-state index contributed by atoms with van der Waals surface area (Å²) in [6.07, 6.45) is 0. The second-order valence-corrected chi connectivity index (χ2v) is 9.69.